The van der Waals surface area contributed by atoms with Gasteiger partial charge in [0, 0.05) is 43.4 Å². The summed E-state index contributed by atoms with van der Waals surface area (Å²) in [5.41, 5.74) is 11.0. The fraction of sp³-hybridized carbons (Fsp3) is 0. The Kier molecular flexibility index (Phi) is 6.83. The van der Waals surface area contributed by atoms with Crippen molar-refractivity contribution in [2.75, 3.05) is 0 Å². The first-order valence-corrected chi connectivity index (χ1v) is 19.1. The van der Waals surface area contributed by atoms with E-state index < -0.39 is 0 Å². The molecular weight excluding hydrogens is 699 g/mol. The summed E-state index contributed by atoms with van der Waals surface area (Å²) in [6.07, 6.45) is 0. The van der Waals surface area contributed by atoms with Crippen LogP contribution in [0.1, 0.15) is 0 Å². The summed E-state index contributed by atoms with van der Waals surface area (Å²) in [5.74, 6) is 1.73. The Bertz CT molecular complexity index is 3470. The number of rotatable bonds is 5. The standard InChI is InChI=1S/C51H31N5O/c1-3-16-32(17-4-1)34-23-13-29-43-46(34)37-22-9-12-28-42(37)55(43)44-30-14-24-38-47-39(25-15-31-45(47)57-48(38)44)50-52-49(33-18-5-2-6-19-33)53-51(54-50)56-40-26-10-7-20-35(40)36-21-8-11-27-41(36)56/h1-31H. The Balaban J connectivity index is 1.12. The van der Waals surface area contributed by atoms with Crippen LogP contribution in [-0.4, -0.2) is 24.1 Å². The zero-order valence-electron chi connectivity index (χ0n) is 30.5. The molecule has 0 atom stereocenters. The normalized spacial score (nSPS) is 11.9. The predicted octanol–water partition coefficient (Wildman–Crippen LogP) is 13.0. The monoisotopic (exact) mass is 729 g/mol. The van der Waals surface area contributed by atoms with Gasteiger partial charge in [0.25, 0.3) is 0 Å². The van der Waals surface area contributed by atoms with Crippen molar-refractivity contribution >= 4 is 65.6 Å². The van der Waals surface area contributed by atoms with Crippen molar-refractivity contribution in [3.8, 4) is 45.5 Å². The number of hydrogen-bond acceptors (Lipinski definition) is 4. The fourth-order valence-electron chi connectivity index (χ4n) is 8.77. The quantitative estimate of drug-likeness (QED) is 0.177. The van der Waals surface area contributed by atoms with Gasteiger partial charge in [0.15, 0.2) is 17.2 Å². The molecule has 8 aromatic carbocycles. The minimum Gasteiger partial charge on any atom is -0.454 e. The molecule has 57 heavy (non-hydrogen) atoms. The van der Waals surface area contributed by atoms with Crippen LogP contribution in [-0.2, 0) is 0 Å². The molecule has 12 rings (SSSR count). The van der Waals surface area contributed by atoms with Crippen LogP contribution in [0.2, 0.25) is 0 Å². The Labute approximate surface area is 326 Å². The van der Waals surface area contributed by atoms with E-state index in [0.29, 0.717) is 17.6 Å². The molecule has 0 aliphatic carbocycles. The minimum absolute atomic E-state index is 0.557. The van der Waals surface area contributed by atoms with Gasteiger partial charge in [-0.15, -0.1) is 0 Å². The van der Waals surface area contributed by atoms with Gasteiger partial charge in [-0.3, -0.25) is 4.57 Å². The van der Waals surface area contributed by atoms with Gasteiger partial charge < -0.3 is 8.98 Å². The SMILES string of the molecule is c1ccc(-c2nc(-c3cccc4oc5c(-n6c7ccccc7c7c(-c8ccccc8)cccc76)cccc5c34)nc(-n3c4ccccc4c4ccccc43)n2)cc1. The van der Waals surface area contributed by atoms with E-state index in [1.54, 1.807) is 0 Å². The van der Waals surface area contributed by atoms with Crippen molar-refractivity contribution in [3.63, 3.8) is 0 Å². The maximum atomic E-state index is 6.92. The van der Waals surface area contributed by atoms with E-state index in [1.807, 2.05) is 42.5 Å². The Hall–Kier alpha value is -7.83. The highest BCUT2D eigenvalue weighted by Gasteiger charge is 2.23. The van der Waals surface area contributed by atoms with Crippen molar-refractivity contribution in [1.29, 1.82) is 0 Å². The smallest absolute Gasteiger partial charge is 0.238 e. The molecule has 12 aromatic rings. The Morgan fingerprint density at radius 3 is 1.63 bits per heavy atom. The van der Waals surface area contributed by atoms with Crippen molar-refractivity contribution < 1.29 is 4.42 Å². The second-order valence-corrected chi connectivity index (χ2v) is 14.4. The van der Waals surface area contributed by atoms with E-state index in [1.165, 1.54) is 21.9 Å². The molecule has 6 nitrogen and oxygen atoms in total. The zero-order chi connectivity index (χ0) is 37.5. The van der Waals surface area contributed by atoms with Gasteiger partial charge in [-0.1, -0.05) is 152 Å². The fourth-order valence-corrected chi connectivity index (χ4v) is 8.77. The zero-order valence-corrected chi connectivity index (χ0v) is 30.5. The Morgan fingerprint density at radius 1 is 0.351 bits per heavy atom. The largest absolute Gasteiger partial charge is 0.454 e. The molecule has 266 valence electrons. The van der Waals surface area contributed by atoms with Crippen molar-refractivity contribution in [2.45, 2.75) is 0 Å². The van der Waals surface area contributed by atoms with E-state index >= 15 is 0 Å². The first-order chi connectivity index (χ1) is 28.3. The molecular formula is C51H31N5O. The molecule has 0 saturated carbocycles. The van der Waals surface area contributed by atoms with Crippen LogP contribution < -0.4 is 0 Å². The van der Waals surface area contributed by atoms with Crippen LogP contribution in [0.3, 0.4) is 0 Å². The Morgan fingerprint density at radius 2 is 0.895 bits per heavy atom. The van der Waals surface area contributed by atoms with Gasteiger partial charge in [-0.25, -0.2) is 4.98 Å². The summed E-state index contributed by atoms with van der Waals surface area (Å²) in [4.78, 5) is 15.6. The third-order valence-corrected chi connectivity index (χ3v) is 11.2. The third kappa shape index (κ3) is 4.74. The van der Waals surface area contributed by atoms with Crippen LogP contribution in [0.25, 0.3) is 111 Å². The first kappa shape index (κ1) is 31.5. The number of benzene rings is 8. The molecule has 0 amide bonds. The van der Waals surface area contributed by atoms with Gasteiger partial charge in [0.1, 0.15) is 5.58 Å². The number of aromatic nitrogens is 5. The number of fused-ring (bicyclic) bond motifs is 9. The van der Waals surface area contributed by atoms with Gasteiger partial charge in [0.05, 0.1) is 27.8 Å². The third-order valence-electron chi connectivity index (χ3n) is 11.2. The average Bonchev–Trinajstić information content (AvgIpc) is 3.95. The van der Waals surface area contributed by atoms with Crippen LogP contribution in [0.15, 0.2) is 192 Å². The summed E-state index contributed by atoms with van der Waals surface area (Å²) < 4.78 is 11.4. The number of furan rings is 1. The maximum Gasteiger partial charge on any atom is 0.238 e. The van der Waals surface area contributed by atoms with Gasteiger partial charge in [0.2, 0.25) is 5.95 Å². The van der Waals surface area contributed by atoms with Crippen LogP contribution in [0.4, 0.5) is 0 Å². The van der Waals surface area contributed by atoms with Crippen molar-refractivity contribution in [3.05, 3.63) is 188 Å². The summed E-state index contributed by atoms with van der Waals surface area (Å²) in [6, 6.07) is 65.4. The van der Waals surface area contributed by atoms with Crippen LogP contribution in [0.5, 0.6) is 0 Å². The van der Waals surface area contributed by atoms with E-state index in [0.717, 1.165) is 71.6 Å². The highest BCUT2D eigenvalue weighted by molar-refractivity contribution is 6.18. The predicted molar refractivity (Wildman–Crippen MR) is 232 cm³/mol. The highest BCUT2D eigenvalue weighted by atomic mass is 16.3. The minimum atomic E-state index is 0.557. The van der Waals surface area contributed by atoms with Crippen LogP contribution >= 0.6 is 0 Å². The van der Waals surface area contributed by atoms with Gasteiger partial charge in [-0.05, 0) is 47.5 Å². The number of para-hydroxylation sites is 4. The second-order valence-electron chi connectivity index (χ2n) is 14.4. The molecule has 0 N–H and O–H groups in total. The molecule has 4 heterocycles. The summed E-state index contributed by atoms with van der Waals surface area (Å²) in [7, 11) is 0. The summed E-state index contributed by atoms with van der Waals surface area (Å²) >= 11 is 0. The van der Waals surface area contributed by atoms with Gasteiger partial charge >= 0.3 is 0 Å². The maximum absolute atomic E-state index is 6.92. The molecule has 0 bridgehead atoms. The average molecular weight is 730 g/mol. The lowest BCUT2D eigenvalue weighted by atomic mass is 9.99. The van der Waals surface area contributed by atoms with E-state index in [9.17, 15) is 0 Å². The van der Waals surface area contributed by atoms with E-state index in [2.05, 4.69) is 155 Å². The molecule has 0 aliphatic heterocycles. The molecule has 0 spiro atoms. The van der Waals surface area contributed by atoms with Gasteiger partial charge in [-0.2, -0.15) is 9.97 Å². The first-order valence-electron chi connectivity index (χ1n) is 19.1. The van der Waals surface area contributed by atoms with Crippen molar-refractivity contribution in [1.82, 2.24) is 24.1 Å². The summed E-state index contributed by atoms with van der Waals surface area (Å²) in [6.45, 7) is 0. The molecule has 6 heteroatoms. The molecule has 0 radical (unpaired) electrons. The molecule has 4 aromatic heterocycles. The topological polar surface area (TPSA) is 61.7 Å². The van der Waals surface area contributed by atoms with Crippen LogP contribution in [0, 0.1) is 0 Å². The lowest BCUT2D eigenvalue weighted by molar-refractivity contribution is 0.666. The lowest BCUT2D eigenvalue weighted by Gasteiger charge is -2.11. The highest BCUT2D eigenvalue weighted by Crippen LogP contribution is 2.43. The number of nitrogens with zero attached hydrogens (tertiary/aromatic N) is 5. The molecule has 0 aliphatic rings. The summed E-state index contributed by atoms with van der Waals surface area (Å²) in [5, 5.41) is 6.64. The van der Waals surface area contributed by atoms with E-state index in [4.69, 9.17) is 19.4 Å². The molecule has 0 unspecified atom stereocenters. The lowest BCUT2D eigenvalue weighted by Crippen LogP contribution is -2.06. The molecule has 0 saturated heterocycles. The number of hydrogen-bond donors (Lipinski definition) is 0. The van der Waals surface area contributed by atoms with Crippen molar-refractivity contribution in [2.24, 2.45) is 0 Å². The van der Waals surface area contributed by atoms with E-state index in [-0.39, 0.29) is 0 Å². The molecule has 0 fully saturated rings. The second kappa shape index (κ2) is 12.3.